The van der Waals surface area contributed by atoms with Gasteiger partial charge in [0.25, 0.3) is 0 Å². The average Bonchev–Trinajstić information content (AvgIpc) is 2.93. The summed E-state index contributed by atoms with van der Waals surface area (Å²) in [6, 6.07) is 10.3. The second kappa shape index (κ2) is 6.90. The van der Waals surface area contributed by atoms with E-state index in [-0.39, 0.29) is 18.1 Å². The van der Waals surface area contributed by atoms with Gasteiger partial charge in [0.1, 0.15) is 6.10 Å². The van der Waals surface area contributed by atoms with Gasteiger partial charge in [-0.15, -0.1) is 0 Å². The van der Waals surface area contributed by atoms with Gasteiger partial charge in [-0.1, -0.05) is 46.3 Å². The molecule has 1 aromatic rings. The third-order valence-electron chi connectivity index (χ3n) is 3.08. The van der Waals surface area contributed by atoms with Crippen LogP contribution in [-0.2, 0) is 16.0 Å². The molecule has 0 saturated carbocycles. The zero-order valence-corrected chi connectivity index (χ0v) is 11.9. The molecule has 1 amide bonds. The molecule has 3 nitrogen and oxygen atoms in total. The zero-order chi connectivity index (χ0) is 12.8. The van der Waals surface area contributed by atoms with E-state index in [9.17, 15) is 4.79 Å². The number of benzene rings is 1. The number of alkyl halides is 1. The van der Waals surface area contributed by atoms with Crippen LogP contribution in [0, 0.1) is 0 Å². The molecule has 2 rings (SSSR count). The van der Waals surface area contributed by atoms with Crippen LogP contribution < -0.4 is 5.32 Å². The number of carbonyl (C=O) groups excluding carboxylic acids is 1. The van der Waals surface area contributed by atoms with Crippen molar-refractivity contribution in [2.75, 3.05) is 11.9 Å². The van der Waals surface area contributed by atoms with Gasteiger partial charge in [0.05, 0.1) is 0 Å². The first-order valence-corrected chi connectivity index (χ1v) is 7.43. The molecule has 0 radical (unpaired) electrons. The standard InChI is InChI=1S/C14H18BrNO2/c15-10-12(9-11-5-2-1-3-6-11)16-14(17)13-7-4-8-18-13/h1-3,5-6,12-13H,4,7-10H2,(H,16,17). The number of carbonyl (C=O) groups is 1. The van der Waals surface area contributed by atoms with E-state index in [1.54, 1.807) is 0 Å². The molecule has 1 fully saturated rings. The molecular weight excluding hydrogens is 294 g/mol. The van der Waals surface area contributed by atoms with E-state index in [1.165, 1.54) is 5.56 Å². The summed E-state index contributed by atoms with van der Waals surface area (Å²) in [5.41, 5.74) is 1.23. The lowest BCUT2D eigenvalue weighted by Gasteiger charge is -2.18. The number of hydrogen-bond donors (Lipinski definition) is 1. The number of amides is 1. The maximum atomic E-state index is 11.9. The highest BCUT2D eigenvalue weighted by Crippen LogP contribution is 2.13. The number of nitrogens with one attached hydrogen (secondary N) is 1. The van der Waals surface area contributed by atoms with E-state index in [4.69, 9.17) is 4.74 Å². The van der Waals surface area contributed by atoms with E-state index in [0.717, 1.165) is 24.6 Å². The van der Waals surface area contributed by atoms with Crippen molar-refractivity contribution in [3.8, 4) is 0 Å². The smallest absolute Gasteiger partial charge is 0.249 e. The summed E-state index contributed by atoms with van der Waals surface area (Å²) in [5, 5.41) is 3.80. The highest BCUT2D eigenvalue weighted by atomic mass is 79.9. The Kier molecular flexibility index (Phi) is 5.20. The van der Waals surface area contributed by atoms with Crippen molar-refractivity contribution in [3.63, 3.8) is 0 Å². The molecular formula is C14H18BrNO2. The number of ether oxygens (including phenoxy) is 1. The Labute approximate surface area is 116 Å². The van der Waals surface area contributed by atoms with Crippen molar-refractivity contribution in [1.82, 2.24) is 5.32 Å². The third kappa shape index (κ3) is 3.82. The number of halogens is 1. The minimum atomic E-state index is -0.248. The van der Waals surface area contributed by atoms with Gasteiger partial charge in [-0.05, 0) is 24.8 Å². The molecule has 2 atom stereocenters. The lowest BCUT2D eigenvalue weighted by atomic mass is 10.1. The van der Waals surface area contributed by atoms with Gasteiger partial charge < -0.3 is 10.1 Å². The molecule has 2 unspecified atom stereocenters. The minimum absolute atomic E-state index is 0.0212. The van der Waals surface area contributed by atoms with E-state index in [1.807, 2.05) is 18.2 Å². The summed E-state index contributed by atoms with van der Waals surface area (Å²) in [6.07, 6.45) is 2.41. The Morgan fingerprint density at radius 3 is 2.83 bits per heavy atom. The molecule has 1 N–H and O–H groups in total. The van der Waals surface area contributed by atoms with Crippen molar-refractivity contribution in [1.29, 1.82) is 0 Å². The van der Waals surface area contributed by atoms with Crippen LogP contribution in [0.3, 0.4) is 0 Å². The van der Waals surface area contributed by atoms with E-state index >= 15 is 0 Å². The molecule has 0 aliphatic carbocycles. The summed E-state index contributed by atoms with van der Waals surface area (Å²) in [4.78, 5) is 11.9. The van der Waals surface area contributed by atoms with E-state index in [0.29, 0.717) is 6.61 Å². The van der Waals surface area contributed by atoms with Crippen LogP contribution in [0.4, 0.5) is 0 Å². The molecule has 1 aliphatic rings. The fourth-order valence-corrected chi connectivity index (χ4v) is 2.51. The van der Waals surface area contributed by atoms with Crippen molar-refractivity contribution in [2.24, 2.45) is 0 Å². The second-order valence-corrected chi connectivity index (χ2v) is 5.20. The molecule has 1 aromatic carbocycles. The van der Waals surface area contributed by atoms with Crippen LogP contribution in [0.2, 0.25) is 0 Å². The molecule has 4 heteroatoms. The Bertz CT molecular complexity index is 377. The first-order valence-electron chi connectivity index (χ1n) is 6.31. The Morgan fingerprint density at radius 2 is 2.22 bits per heavy atom. The quantitative estimate of drug-likeness (QED) is 0.847. The SMILES string of the molecule is O=C(NC(CBr)Cc1ccccc1)C1CCCO1. The molecule has 18 heavy (non-hydrogen) atoms. The van der Waals surface area contributed by atoms with E-state index in [2.05, 4.69) is 33.4 Å². The normalized spacial score (nSPS) is 20.6. The monoisotopic (exact) mass is 311 g/mol. The second-order valence-electron chi connectivity index (χ2n) is 4.55. The van der Waals surface area contributed by atoms with Gasteiger partial charge in [0, 0.05) is 18.0 Å². The number of hydrogen-bond acceptors (Lipinski definition) is 2. The van der Waals surface area contributed by atoms with Crippen LogP contribution >= 0.6 is 15.9 Å². The summed E-state index contributed by atoms with van der Waals surface area (Å²) in [5.74, 6) is 0.0212. The number of rotatable bonds is 5. The van der Waals surface area contributed by atoms with Gasteiger partial charge in [-0.2, -0.15) is 0 Å². The van der Waals surface area contributed by atoms with Crippen molar-refractivity contribution in [3.05, 3.63) is 35.9 Å². The molecule has 0 bridgehead atoms. The van der Waals surface area contributed by atoms with Crippen LogP contribution in [0.5, 0.6) is 0 Å². The Morgan fingerprint density at radius 1 is 1.44 bits per heavy atom. The summed E-state index contributed by atoms with van der Waals surface area (Å²) < 4.78 is 5.38. The Hall–Kier alpha value is -0.870. The van der Waals surface area contributed by atoms with Crippen LogP contribution in [0.1, 0.15) is 18.4 Å². The molecule has 0 spiro atoms. The first-order chi connectivity index (χ1) is 8.79. The first kappa shape index (κ1) is 13.6. The van der Waals surface area contributed by atoms with Gasteiger partial charge in [-0.3, -0.25) is 4.79 Å². The van der Waals surface area contributed by atoms with Crippen LogP contribution in [-0.4, -0.2) is 30.0 Å². The van der Waals surface area contributed by atoms with Crippen molar-refractivity contribution in [2.45, 2.75) is 31.4 Å². The highest BCUT2D eigenvalue weighted by molar-refractivity contribution is 9.09. The molecule has 1 heterocycles. The molecule has 1 saturated heterocycles. The van der Waals surface area contributed by atoms with Gasteiger partial charge in [0.2, 0.25) is 5.91 Å². The molecule has 98 valence electrons. The molecule has 1 aliphatic heterocycles. The van der Waals surface area contributed by atoms with Gasteiger partial charge >= 0.3 is 0 Å². The summed E-state index contributed by atoms with van der Waals surface area (Å²) in [7, 11) is 0. The lowest BCUT2D eigenvalue weighted by molar-refractivity contribution is -0.130. The maximum absolute atomic E-state index is 11.9. The lowest BCUT2D eigenvalue weighted by Crippen LogP contribution is -2.43. The predicted molar refractivity (Wildman–Crippen MR) is 74.8 cm³/mol. The molecule has 0 aromatic heterocycles. The largest absolute Gasteiger partial charge is 0.368 e. The predicted octanol–water partition coefficient (Wildman–Crippen LogP) is 2.29. The van der Waals surface area contributed by atoms with Crippen molar-refractivity contribution < 1.29 is 9.53 Å². The highest BCUT2D eigenvalue weighted by Gasteiger charge is 2.25. The summed E-state index contributed by atoms with van der Waals surface area (Å²) in [6.45, 7) is 0.704. The zero-order valence-electron chi connectivity index (χ0n) is 10.3. The third-order valence-corrected chi connectivity index (χ3v) is 3.86. The van der Waals surface area contributed by atoms with Gasteiger partial charge in [-0.25, -0.2) is 0 Å². The Balaban J connectivity index is 1.87. The van der Waals surface area contributed by atoms with E-state index < -0.39 is 0 Å². The minimum Gasteiger partial charge on any atom is -0.368 e. The van der Waals surface area contributed by atoms with Crippen molar-refractivity contribution >= 4 is 21.8 Å². The fraction of sp³-hybridized carbons (Fsp3) is 0.500. The van der Waals surface area contributed by atoms with Gasteiger partial charge in [0.15, 0.2) is 0 Å². The van der Waals surface area contributed by atoms with Crippen LogP contribution in [0.15, 0.2) is 30.3 Å². The average molecular weight is 312 g/mol. The fourth-order valence-electron chi connectivity index (χ4n) is 2.12. The maximum Gasteiger partial charge on any atom is 0.249 e. The topological polar surface area (TPSA) is 38.3 Å². The summed E-state index contributed by atoms with van der Waals surface area (Å²) >= 11 is 3.45. The van der Waals surface area contributed by atoms with Crippen LogP contribution in [0.25, 0.3) is 0 Å².